The number of amides is 1. The van der Waals surface area contributed by atoms with Gasteiger partial charge in [0.05, 0.1) is 25.1 Å². The highest BCUT2D eigenvalue weighted by molar-refractivity contribution is 5.97. The molecular formula is C23H26FN7O3. The molecule has 0 spiro atoms. The van der Waals surface area contributed by atoms with Gasteiger partial charge in [0.15, 0.2) is 11.5 Å². The second-order valence-electron chi connectivity index (χ2n) is 7.78. The van der Waals surface area contributed by atoms with Crippen molar-refractivity contribution in [2.45, 2.75) is 19.6 Å². The number of carbonyl (C=O) groups is 1. The first kappa shape index (κ1) is 19.6. The Morgan fingerprint density at radius 3 is 2.91 bits per heavy atom. The number of nitrogens with one attached hydrogen (secondary N) is 3. The van der Waals surface area contributed by atoms with Crippen LogP contribution in [0.25, 0.3) is 0 Å². The third kappa shape index (κ3) is 4.75. The van der Waals surface area contributed by atoms with Crippen molar-refractivity contribution in [3.63, 3.8) is 0 Å². The second-order valence-corrected chi connectivity index (χ2v) is 7.78. The van der Waals surface area contributed by atoms with Crippen LogP contribution in [0.3, 0.4) is 0 Å². The second kappa shape index (κ2) is 9.98. The molecule has 2 aromatic carbocycles. The molecule has 4 rings (SSSR count). The summed E-state index contributed by atoms with van der Waals surface area (Å²) in [5, 5.41) is 24.9. The molecule has 2 heterocycles. The fourth-order valence-electron chi connectivity index (χ4n) is 3.75. The van der Waals surface area contributed by atoms with Crippen molar-refractivity contribution in [3.05, 3.63) is 58.5 Å². The third-order valence-electron chi connectivity index (χ3n) is 5.50. The van der Waals surface area contributed by atoms with Gasteiger partial charge in [-0.25, -0.2) is 4.39 Å². The maximum absolute atomic E-state index is 14.6. The molecule has 0 radical (unpaired) electrons. The van der Waals surface area contributed by atoms with E-state index in [0.717, 1.165) is 36.7 Å². The molecule has 0 bridgehead atoms. The minimum atomic E-state index is -2.80. The zero-order valence-corrected chi connectivity index (χ0v) is 18.6. The molecule has 0 atom stereocenters. The van der Waals surface area contributed by atoms with Crippen LogP contribution >= 0.6 is 0 Å². The summed E-state index contributed by atoms with van der Waals surface area (Å²) in [6, 6.07) is 7.90. The fourth-order valence-corrected chi connectivity index (χ4v) is 3.75. The van der Waals surface area contributed by atoms with Gasteiger partial charge in [-0.3, -0.25) is 4.79 Å². The first-order valence-electron chi connectivity index (χ1n) is 12.0. The molecule has 4 N–H and O–H groups in total. The number of aromatic nitrogens is 3. The van der Waals surface area contributed by atoms with E-state index in [1.807, 2.05) is 24.5 Å². The predicted molar refractivity (Wildman–Crippen MR) is 125 cm³/mol. The molecule has 0 unspecified atom stereocenters. The van der Waals surface area contributed by atoms with Crippen molar-refractivity contribution in [1.29, 1.82) is 0 Å². The maximum Gasteiger partial charge on any atom is 0.275 e. The molecule has 1 aromatic heterocycles. The number of rotatable bonds is 7. The van der Waals surface area contributed by atoms with Crippen LogP contribution in [0.15, 0.2) is 30.3 Å². The summed E-state index contributed by atoms with van der Waals surface area (Å²) < 4.78 is 42.1. The van der Waals surface area contributed by atoms with E-state index in [-0.39, 0.29) is 23.0 Å². The average molecular weight is 471 g/mol. The lowest BCUT2D eigenvalue weighted by molar-refractivity contribution is 0.0957. The van der Waals surface area contributed by atoms with Gasteiger partial charge in [-0.1, -0.05) is 12.1 Å². The van der Waals surface area contributed by atoms with Gasteiger partial charge >= 0.3 is 0 Å². The van der Waals surface area contributed by atoms with E-state index in [9.17, 15) is 14.3 Å². The van der Waals surface area contributed by atoms with Gasteiger partial charge in [-0.05, 0) is 42.8 Å². The molecular weight excluding hydrogens is 441 g/mol. The third-order valence-corrected chi connectivity index (χ3v) is 5.50. The summed E-state index contributed by atoms with van der Waals surface area (Å²) in [6.07, 6.45) is 0.873. The van der Waals surface area contributed by atoms with Gasteiger partial charge < -0.3 is 30.7 Å². The molecule has 0 fully saturated rings. The number of methoxy groups -OCH3 is 1. The normalized spacial score (nSPS) is 14.9. The Hall–Kier alpha value is -3.83. The maximum atomic E-state index is 14.6. The lowest BCUT2D eigenvalue weighted by atomic mass is 9.99. The molecule has 3 aromatic rings. The number of nitrogens with zero attached hydrogens (tertiary/aromatic N) is 4. The van der Waals surface area contributed by atoms with Crippen molar-refractivity contribution < 1.29 is 23.1 Å². The van der Waals surface area contributed by atoms with Gasteiger partial charge in [0.2, 0.25) is 5.95 Å². The Morgan fingerprint density at radius 2 is 2.15 bits per heavy atom. The number of likely N-dealkylation sites (N-methyl/N-ethyl adjacent to an activating group) is 1. The van der Waals surface area contributed by atoms with Crippen LogP contribution in [0.5, 0.6) is 5.75 Å². The SMILES string of the molecule is [2H]C([2H])([2H])NC(=O)c1nnc(Nc2cc3c(cc2OC)CCN(C)C3)nc1Nc1c(F)cccc1CO. The van der Waals surface area contributed by atoms with E-state index in [4.69, 9.17) is 8.85 Å². The molecule has 0 aliphatic carbocycles. The predicted octanol–water partition coefficient (Wildman–Crippen LogP) is 2.35. The van der Waals surface area contributed by atoms with Crippen LogP contribution in [0, 0.1) is 5.82 Å². The number of ether oxygens (including phenoxy) is 1. The number of benzene rings is 2. The summed E-state index contributed by atoms with van der Waals surface area (Å²) in [5.41, 5.74) is 2.37. The topological polar surface area (TPSA) is 125 Å². The summed E-state index contributed by atoms with van der Waals surface area (Å²) in [5.74, 6) is -1.59. The monoisotopic (exact) mass is 470 g/mol. The van der Waals surface area contributed by atoms with Crippen LogP contribution < -0.4 is 20.7 Å². The van der Waals surface area contributed by atoms with Crippen LogP contribution in [-0.2, 0) is 19.6 Å². The molecule has 34 heavy (non-hydrogen) atoms. The minimum absolute atomic E-state index is 0.0581. The summed E-state index contributed by atoms with van der Waals surface area (Å²) >= 11 is 0. The smallest absolute Gasteiger partial charge is 0.275 e. The van der Waals surface area contributed by atoms with E-state index in [0.29, 0.717) is 11.4 Å². The molecule has 11 heteroatoms. The number of anilines is 4. The minimum Gasteiger partial charge on any atom is -0.495 e. The number of para-hydroxylation sites is 1. The van der Waals surface area contributed by atoms with Crippen molar-refractivity contribution in [2.24, 2.45) is 0 Å². The molecule has 10 nitrogen and oxygen atoms in total. The summed E-state index contributed by atoms with van der Waals surface area (Å²) in [7, 11) is 3.56. The standard InChI is InChI=1S/C23H26FN7O3/c1-25-22(33)20-21(27-19-14(12-32)5-4-6-16(19)24)28-23(30-29-20)26-17-9-15-11-31(2)8-7-13(15)10-18(17)34-3/h4-6,9-10,32H,7-8,11-12H2,1-3H3,(H,25,33)(H2,26,27,28,30)/i1D3. The molecule has 0 saturated carbocycles. The summed E-state index contributed by atoms with van der Waals surface area (Å²) in [4.78, 5) is 19.1. The van der Waals surface area contributed by atoms with Crippen molar-refractivity contribution >= 4 is 29.0 Å². The molecule has 1 amide bonds. The molecule has 1 aliphatic heterocycles. The Labute approximate surface area is 200 Å². The van der Waals surface area contributed by atoms with Crippen molar-refractivity contribution in [1.82, 2.24) is 25.4 Å². The number of carbonyl (C=O) groups excluding carboxylic acids is 1. The zero-order valence-electron chi connectivity index (χ0n) is 21.6. The number of hydrogen-bond donors (Lipinski definition) is 4. The highest BCUT2D eigenvalue weighted by Gasteiger charge is 2.21. The Morgan fingerprint density at radius 1 is 1.29 bits per heavy atom. The molecule has 0 saturated heterocycles. The van der Waals surface area contributed by atoms with Crippen LogP contribution in [-0.4, -0.2) is 58.8 Å². The van der Waals surface area contributed by atoms with Crippen LogP contribution in [0.4, 0.5) is 27.5 Å². The van der Waals surface area contributed by atoms with Crippen LogP contribution in [0.2, 0.25) is 0 Å². The molecule has 178 valence electrons. The lowest BCUT2D eigenvalue weighted by Gasteiger charge is -2.26. The average Bonchev–Trinajstić information content (AvgIpc) is 2.84. The van der Waals surface area contributed by atoms with Crippen LogP contribution in [0.1, 0.15) is 31.3 Å². The van der Waals surface area contributed by atoms with E-state index in [1.165, 1.54) is 19.2 Å². The number of halogens is 1. The summed E-state index contributed by atoms with van der Waals surface area (Å²) in [6.45, 7) is -1.63. The van der Waals surface area contributed by atoms with Gasteiger partial charge in [0, 0.05) is 29.7 Å². The largest absolute Gasteiger partial charge is 0.495 e. The first-order chi connectivity index (χ1) is 17.6. The van der Waals surface area contributed by atoms with Crippen molar-refractivity contribution in [3.8, 4) is 5.75 Å². The van der Waals surface area contributed by atoms with Gasteiger partial charge in [0.25, 0.3) is 5.91 Å². The van der Waals surface area contributed by atoms with Gasteiger partial charge in [-0.15, -0.1) is 10.2 Å². The number of aliphatic hydroxyl groups excluding tert-OH is 1. The quantitative estimate of drug-likeness (QED) is 0.412. The highest BCUT2D eigenvalue weighted by atomic mass is 19.1. The van der Waals surface area contributed by atoms with E-state index >= 15 is 0 Å². The fraction of sp³-hybridized carbons (Fsp3) is 0.304. The van der Waals surface area contributed by atoms with E-state index in [1.54, 1.807) is 0 Å². The lowest BCUT2D eigenvalue weighted by Crippen LogP contribution is -2.26. The number of fused-ring (bicyclic) bond motifs is 1. The Balaban J connectivity index is 1.74. The number of aliphatic hydroxyl groups is 1. The van der Waals surface area contributed by atoms with E-state index < -0.39 is 31.0 Å². The molecule has 1 aliphatic rings. The van der Waals surface area contributed by atoms with Gasteiger partial charge in [0.1, 0.15) is 11.6 Å². The zero-order chi connectivity index (χ0) is 26.7. The van der Waals surface area contributed by atoms with Gasteiger partial charge in [-0.2, -0.15) is 4.98 Å². The first-order valence-corrected chi connectivity index (χ1v) is 10.5. The Bertz CT molecular complexity index is 1320. The van der Waals surface area contributed by atoms with Crippen molar-refractivity contribution in [2.75, 3.05) is 38.3 Å². The van der Waals surface area contributed by atoms with E-state index in [2.05, 4.69) is 30.7 Å². The Kier molecular flexibility index (Phi) is 5.76. The number of hydrogen-bond acceptors (Lipinski definition) is 9. The highest BCUT2D eigenvalue weighted by Crippen LogP contribution is 2.33.